The zero-order valence-corrected chi connectivity index (χ0v) is 18.0. The Bertz CT molecular complexity index is 672. The van der Waals surface area contributed by atoms with Crippen molar-refractivity contribution >= 4 is 28.4 Å². The molecule has 0 bridgehead atoms. The second-order valence-corrected chi connectivity index (χ2v) is 9.14. The second kappa shape index (κ2) is 9.38. The summed E-state index contributed by atoms with van der Waals surface area (Å²) in [5.74, 6) is -0.172. The average Bonchev–Trinajstić information content (AvgIpc) is 2.76. The van der Waals surface area contributed by atoms with E-state index >= 15 is 0 Å². The number of hydrogen-bond donors (Lipinski definition) is 2. The Morgan fingerprint density at radius 2 is 1.48 bits per heavy atom. The molecule has 1 fully saturated rings. The Kier molecular flexibility index (Phi) is 8.31. The quantitative estimate of drug-likeness (QED) is 0.426. The predicted octanol–water partition coefficient (Wildman–Crippen LogP) is 1.78. The van der Waals surface area contributed by atoms with Gasteiger partial charge in [0.1, 0.15) is 0 Å². The van der Waals surface area contributed by atoms with E-state index in [0.29, 0.717) is 6.54 Å². The van der Waals surface area contributed by atoms with E-state index < -0.39 is 10.1 Å². The number of benzene rings is 1. The minimum absolute atomic E-state index is 0.172. The Hall–Kier alpha value is -1.13. The molecular formula is C18H33BN2O5S. The van der Waals surface area contributed by atoms with Crippen LogP contribution in [-0.4, -0.2) is 61.6 Å². The highest BCUT2D eigenvalue weighted by molar-refractivity contribution is 7.85. The van der Waals surface area contributed by atoms with Gasteiger partial charge in [0, 0.05) is 12.2 Å². The van der Waals surface area contributed by atoms with E-state index in [1.807, 2.05) is 70.7 Å². The zero-order chi connectivity index (χ0) is 20.9. The molecule has 0 aliphatic carbocycles. The van der Waals surface area contributed by atoms with Crippen LogP contribution in [0.4, 0.5) is 5.69 Å². The van der Waals surface area contributed by atoms with Gasteiger partial charge in [-0.1, -0.05) is 26.0 Å². The molecule has 0 amide bonds. The summed E-state index contributed by atoms with van der Waals surface area (Å²) in [5, 5.41) is 0. The van der Waals surface area contributed by atoms with E-state index in [1.165, 1.54) is 0 Å². The maximum absolute atomic E-state index is 10.3. The first-order chi connectivity index (χ1) is 12.3. The van der Waals surface area contributed by atoms with E-state index in [1.54, 1.807) is 0 Å². The predicted molar refractivity (Wildman–Crippen MR) is 111 cm³/mol. The van der Waals surface area contributed by atoms with Crippen molar-refractivity contribution in [1.29, 1.82) is 0 Å². The highest BCUT2D eigenvalue weighted by Crippen LogP contribution is 2.36. The molecule has 0 saturated carbocycles. The van der Waals surface area contributed by atoms with Gasteiger partial charge in [0.2, 0.25) is 0 Å². The van der Waals surface area contributed by atoms with Crippen LogP contribution < -0.4 is 11.2 Å². The Balaban J connectivity index is 0.000000293. The van der Waals surface area contributed by atoms with Crippen molar-refractivity contribution in [2.24, 2.45) is 0 Å². The van der Waals surface area contributed by atoms with Crippen LogP contribution in [0.15, 0.2) is 24.3 Å². The Labute approximate surface area is 164 Å². The van der Waals surface area contributed by atoms with Crippen molar-refractivity contribution in [3.05, 3.63) is 24.3 Å². The third-order valence-electron chi connectivity index (χ3n) is 5.02. The maximum atomic E-state index is 10.3. The van der Waals surface area contributed by atoms with Gasteiger partial charge in [-0.3, -0.25) is 4.55 Å². The van der Waals surface area contributed by atoms with Crippen molar-refractivity contribution in [3.8, 4) is 0 Å². The van der Waals surface area contributed by atoms with Crippen LogP contribution >= 0.6 is 0 Å². The fraction of sp³-hybridized carbons (Fsp3) is 0.667. The molecule has 1 saturated heterocycles. The van der Waals surface area contributed by atoms with Gasteiger partial charge in [0.15, 0.2) is 0 Å². The monoisotopic (exact) mass is 400 g/mol. The molecule has 0 atom stereocenters. The molecule has 0 radical (unpaired) electrons. The molecule has 1 heterocycles. The lowest BCUT2D eigenvalue weighted by Crippen LogP contribution is -2.41. The molecule has 1 aliphatic heterocycles. The molecule has 0 aromatic heterocycles. The Morgan fingerprint density at radius 3 is 1.85 bits per heavy atom. The highest BCUT2D eigenvalue weighted by Gasteiger charge is 2.51. The molecule has 154 valence electrons. The lowest BCUT2D eigenvalue weighted by molar-refractivity contribution is 0.00578. The minimum atomic E-state index is -3.78. The van der Waals surface area contributed by atoms with Crippen molar-refractivity contribution in [1.82, 2.24) is 4.90 Å². The fourth-order valence-electron chi connectivity index (χ4n) is 2.42. The highest BCUT2D eigenvalue weighted by atomic mass is 32.2. The summed E-state index contributed by atoms with van der Waals surface area (Å²) in [7, 11) is -4.08. The fourth-order valence-corrected chi connectivity index (χ4v) is 2.91. The van der Waals surface area contributed by atoms with Gasteiger partial charge in [0.25, 0.3) is 10.1 Å². The lowest BCUT2D eigenvalue weighted by atomic mass is 9.79. The number of nitrogen functional groups attached to an aromatic ring is 1. The summed E-state index contributed by atoms with van der Waals surface area (Å²) < 4.78 is 40.8. The molecule has 27 heavy (non-hydrogen) atoms. The van der Waals surface area contributed by atoms with Crippen molar-refractivity contribution in [3.63, 3.8) is 0 Å². The van der Waals surface area contributed by atoms with Crippen LogP contribution in [0.2, 0.25) is 0 Å². The largest absolute Gasteiger partial charge is 0.494 e. The van der Waals surface area contributed by atoms with E-state index in [4.69, 9.17) is 19.6 Å². The number of rotatable bonds is 6. The summed E-state index contributed by atoms with van der Waals surface area (Å²) in [4.78, 5) is 1.94. The molecule has 9 heteroatoms. The van der Waals surface area contributed by atoms with Gasteiger partial charge in [-0.05, 0) is 58.4 Å². The van der Waals surface area contributed by atoms with Gasteiger partial charge >= 0.3 is 7.12 Å². The van der Waals surface area contributed by atoms with Crippen LogP contribution in [0.5, 0.6) is 0 Å². The van der Waals surface area contributed by atoms with Crippen molar-refractivity contribution in [2.45, 2.75) is 52.7 Å². The number of hydrogen-bond acceptors (Lipinski definition) is 6. The summed E-state index contributed by atoms with van der Waals surface area (Å²) in [6.07, 6.45) is 0. The molecule has 7 nitrogen and oxygen atoms in total. The van der Waals surface area contributed by atoms with Gasteiger partial charge in [-0.15, -0.1) is 0 Å². The van der Waals surface area contributed by atoms with Crippen LogP contribution in [0, 0.1) is 0 Å². The smallest absolute Gasteiger partial charge is 0.399 e. The molecular weight excluding hydrogens is 367 g/mol. The zero-order valence-electron chi connectivity index (χ0n) is 17.2. The molecule has 1 aromatic rings. The molecule has 1 aliphatic rings. The van der Waals surface area contributed by atoms with Crippen LogP contribution in [0.25, 0.3) is 0 Å². The molecule has 2 rings (SSSR count). The van der Waals surface area contributed by atoms with Crippen LogP contribution in [-0.2, 0) is 19.4 Å². The lowest BCUT2D eigenvalue weighted by Gasteiger charge is -2.32. The Morgan fingerprint density at radius 1 is 1.04 bits per heavy atom. The average molecular weight is 400 g/mol. The standard InChI is InChI=1S/C12H18BNO2.C6H15NO3S/c1-11(2)12(3,4)16-13(15-11)9-5-7-10(14)8-6-9;1-3-7(4-2)5-6-11(8,9)10/h5-8H,14H2,1-4H3;3-6H2,1-2H3,(H,8,9,10). The molecule has 1 aromatic carbocycles. The van der Waals surface area contributed by atoms with Gasteiger partial charge < -0.3 is 19.9 Å². The first-order valence-corrected chi connectivity index (χ1v) is 10.8. The number of nitrogens with zero attached hydrogens (tertiary/aromatic N) is 1. The number of anilines is 1. The molecule has 0 unspecified atom stereocenters. The van der Waals surface area contributed by atoms with E-state index in [-0.39, 0.29) is 24.1 Å². The summed E-state index contributed by atoms with van der Waals surface area (Å²) in [6.45, 7) is 14.1. The maximum Gasteiger partial charge on any atom is 0.494 e. The first-order valence-electron chi connectivity index (χ1n) is 9.20. The SMILES string of the molecule is CC1(C)OB(c2ccc(N)cc2)OC1(C)C.CCN(CC)CCS(=O)(=O)O. The number of nitrogens with two attached hydrogens (primary N) is 1. The second-order valence-electron chi connectivity index (χ2n) is 7.57. The third-order valence-corrected chi connectivity index (χ3v) is 5.72. The summed E-state index contributed by atoms with van der Waals surface area (Å²) in [5.41, 5.74) is 6.82. The summed E-state index contributed by atoms with van der Waals surface area (Å²) >= 11 is 0. The van der Waals surface area contributed by atoms with Crippen molar-refractivity contribution in [2.75, 3.05) is 31.1 Å². The van der Waals surface area contributed by atoms with E-state index in [0.717, 1.165) is 24.2 Å². The normalized spacial score (nSPS) is 18.3. The van der Waals surface area contributed by atoms with Crippen molar-refractivity contribution < 1.29 is 22.3 Å². The summed E-state index contributed by atoms with van der Waals surface area (Å²) in [6, 6.07) is 7.61. The van der Waals surface area contributed by atoms with Gasteiger partial charge in [-0.25, -0.2) is 0 Å². The first kappa shape index (κ1) is 23.9. The van der Waals surface area contributed by atoms with Crippen LogP contribution in [0.3, 0.4) is 0 Å². The minimum Gasteiger partial charge on any atom is -0.399 e. The van der Waals surface area contributed by atoms with Gasteiger partial charge in [-0.2, -0.15) is 8.42 Å². The van der Waals surface area contributed by atoms with E-state index in [2.05, 4.69) is 0 Å². The van der Waals surface area contributed by atoms with E-state index in [9.17, 15) is 8.42 Å². The molecule has 0 spiro atoms. The molecule has 3 N–H and O–H groups in total. The van der Waals surface area contributed by atoms with Gasteiger partial charge in [0.05, 0.1) is 17.0 Å². The third kappa shape index (κ3) is 7.42. The topological polar surface area (TPSA) is 102 Å². The van der Waals surface area contributed by atoms with Crippen LogP contribution in [0.1, 0.15) is 41.5 Å².